The summed E-state index contributed by atoms with van der Waals surface area (Å²) in [6, 6.07) is 13.3. The highest BCUT2D eigenvalue weighted by Gasteiger charge is 2.40. The van der Waals surface area contributed by atoms with Crippen molar-refractivity contribution in [3.05, 3.63) is 71.3 Å². The third kappa shape index (κ3) is 4.64. The van der Waals surface area contributed by atoms with Crippen LogP contribution in [-0.2, 0) is 15.9 Å². The molecule has 1 aromatic heterocycles. The summed E-state index contributed by atoms with van der Waals surface area (Å²) in [5.74, 6) is 0.296. The lowest BCUT2D eigenvalue weighted by atomic mass is 10.0. The maximum atomic E-state index is 13.1. The lowest BCUT2D eigenvalue weighted by Crippen LogP contribution is -2.47. The minimum absolute atomic E-state index is 0.0439. The fourth-order valence-electron chi connectivity index (χ4n) is 3.95. The monoisotopic (exact) mass is 455 g/mol. The molecular formula is C23H22FN3O4S. The number of nitrogens with zero attached hydrogens (tertiary/aromatic N) is 3. The Morgan fingerprint density at radius 1 is 1.12 bits per heavy atom. The van der Waals surface area contributed by atoms with Gasteiger partial charge in [0.05, 0.1) is 13.2 Å². The molecule has 0 N–H and O–H groups in total. The van der Waals surface area contributed by atoms with Gasteiger partial charge < -0.3 is 19.1 Å². The van der Waals surface area contributed by atoms with Crippen molar-refractivity contribution in [3.63, 3.8) is 0 Å². The van der Waals surface area contributed by atoms with Crippen molar-refractivity contribution in [1.29, 1.82) is 0 Å². The van der Waals surface area contributed by atoms with E-state index < -0.39 is 5.79 Å². The first-order chi connectivity index (χ1) is 15.6. The lowest BCUT2D eigenvalue weighted by molar-refractivity contribution is -0.181. The molecular weight excluding hydrogens is 433 g/mol. The van der Waals surface area contributed by atoms with E-state index in [4.69, 9.17) is 14.2 Å². The van der Waals surface area contributed by atoms with Crippen molar-refractivity contribution >= 4 is 17.4 Å². The molecule has 0 atom stereocenters. The van der Waals surface area contributed by atoms with E-state index in [1.165, 1.54) is 12.1 Å². The molecule has 0 unspecified atom stereocenters. The number of carbonyl (C=O) groups excluding carboxylic acids is 1. The number of carbonyl (C=O) groups is 1. The molecule has 5 rings (SSSR count). The van der Waals surface area contributed by atoms with Crippen LogP contribution in [0.25, 0.3) is 0 Å². The van der Waals surface area contributed by atoms with Crippen LogP contribution < -0.4 is 4.74 Å². The quantitative estimate of drug-likeness (QED) is 0.578. The maximum Gasteiger partial charge on any atom is 0.298 e. The molecule has 32 heavy (non-hydrogen) atoms. The Bertz CT molecular complexity index is 1090. The van der Waals surface area contributed by atoms with E-state index in [-0.39, 0.29) is 11.7 Å². The predicted molar refractivity (Wildman–Crippen MR) is 115 cm³/mol. The van der Waals surface area contributed by atoms with Crippen molar-refractivity contribution in [2.75, 3.05) is 26.3 Å². The summed E-state index contributed by atoms with van der Waals surface area (Å²) >= 11 is 1.14. The van der Waals surface area contributed by atoms with Crippen LogP contribution in [-0.4, -0.2) is 52.3 Å². The Balaban J connectivity index is 1.21. The molecule has 7 nitrogen and oxygen atoms in total. The molecule has 2 aromatic carbocycles. The number of rotatable bonds is 5. The van der Waals surface area contributed by atoms with Gasteiger partial charge in [-0.1, -0.05) is 18.2 Å². The molecule has 1 spiro atoms. The zero-order chi connectivity index (χ0) is 22.0. The number of likely N-dealkylation sites (tertiary alicyclic amines) is 1. The molecule has 2 aliphatic heterocycles. The van der Waals surface area contributed by atoms with Gasteiger partial charge in [0.15, 0.2) is 11.6 Å². The van der Waals surface area contributed by atoms with E-state index in [1.54, 1.807) is 36.4 Å². The second-order valence-electron chi connectivity index (χ2n) is 7.81. The van der Waals surface area contributed by atoms with Crippen LogP contribution in [0.5, 0.6) is 10.9 Å². The number of amides is 1. The van der Waals surface area contributed by atoms with Crippen molar-refractivity contribution in [1.82, 2.24) is 14.3 Å². The van der Waals surface area contributed by atoms with Crippen LogP contribution in [0.3, 0.4) is 0 Å². The van der Waals surface area contributed by atoms with E-state index >= 15 is 0 Å². The van der Waals surface area contributed by atoms with Crippen molar-refractivity contribution < 1.29 is 23.4 Å². The lowest BCUT2D eigenvalue weighted by Gasteiger charge is -2.37. The Morgan fingerprint density at radius 3 is 2.62 bits per heavy atom. The van der Waals surface area contributed by atoms with Crippen molar-refractivity contribution in [3.8, 4) is 10.9 Å². The van der Waals surface area contributed by atoms with E-state index in [9.17, 15) is 9.18 Å². The van der Waals surface area contributed by atoms with Crippen LogP contribution in [0.1, 0.15) is 34.6 Å². The summed E-state index contributed by atoms with van der Waals surface area (Å²) in [6.45, 7) is 2.41. The third-order valence-electron chi connectivity index (χ3n) is 5.64. The van der Waals surface area contributed by atoms with Gasteiger partial charge in [0.25, 0.3) is 11.1 Å². The number of piperidine rings is 1. The fraction of sp³-hybridized carbons (Fsp3) is 0.348. The molecule has 3 aromatic rings. The van der Waals surface area contributed by atoms with Crippen molar-refractivity contribution in [2.45, 2.75) is 25.0 Å². The smallest absolute Gasteiger partial charge is 0.298 e. The Morgan fingerprint density at radius 2 is 1.88 bits per heavy atom. The Hall–Kier alpha value is -2.88. The minimum atomic E-state index is -0.509. The van der Waals surface area contributed by atoms with Crippen LogP contribution in [0, 0.1) is 5.82 Å². The Labute approximate surface area is 188 Å². The number of hydrogen-bond acceptors (Lipinski definition) is 7. The fourth-order valence-corrected chi connectivity index (χ4v) is 4.52. The van der Waals surface area contributed by atoms with Gasteiger partial charge in [0.1, 0.15) is 11.6 Å². The molecule has 9 heteroatoms. The van der Waals surface area contributed by atoms with E-state index in [1.807, 2.05) is 4.90 Å². The second-order valence-corrected chi connectivity index (χ2v) is 8.52. The minimum Gasteiger partial charge on any atom is -0.430 e. The molecule has 2 fully saturated rings. The maximum absolute atomic E-state index is 13.1. The molecule has 0 aliphatic carbocycles. The predicted octanol–water partition coefficient (Wildman–Crippen LogP) is 4.04. The number of hydrogen-bond donors (Lipinski definition) is 0. The molecule has 3 heterocycles. The van der Waals surface area contributed by atoms with Crippen LogP contribution in [0.15, 0.2) is 48.5 Å². The zero-order valence-electron chi connectivity index (χ0n) is 17.3. The first-order valence-corrected chi connectivity index (χ1v) is 11.3. The van der Waals surface area contributed by atoms with Gasteiger partial charge in [-0.3, -0.25) is 4.79 Å². The van der Waals surface area contributed by atoms with Gasteiger partial charge >= 0.3 is 0 Å². The number of halogens is 1. The summed E-state index contributed by atoms with van der Waals surface area (Å²) in [6.07, 6.45) is 1.84. The largest absolute Gasteiger partial charge is 0.430 e. The highest BCUT2D eigenvalue weighted by Crippen LogP contribution is 2.32. The summed E-state index contributed by atoms with van der Waals surface area (Å²) in [7, 11) is 0. The number of benzene rings is 2. The molecule has 0 bridgehead atoms. The molecule has 0 radical (unpaired) electrons. The first kappa shape index (κ1) is 21.0. The van der Waals surface area contributed by atoms with Crippen molar-refractivity contribution in [2.24, 2.45) is 0 Å². The summed E-state index contributed by atoms with van der Waals surface area (Å²) in [5.41, 5.74) is 1.47. The highest BCUT2D eigenvalue weighted by atomic mass is 32.1. The molecule has 166 valence electrons. The summed E-state index contributed by atoms with van der Waals surface area (Å²) in [5, 5.41) is 0.391. The highest BCUT2D eigenvalue weighted by molar-refractivity contribution is 7.07. The van der Waals surface area contributed by atoms with Gasteiger partial charge in [-0.25, -0.2) is 4.39 Å². The average Bonchev–Trinajstić information content (AvgIpc) is 3.45. The van der Waals surface area contributed by atoms with Crippen LogP contribution >= 0.6 is 11.5 Å². The van der Waals surface area contributed by atoms with Gasteiger partial charge in [0.2, 0.25) is 0 Å². The van der Waals surface area contributed by atoms with Gasteiger partial charge in [-0.05, 0) is 35.9 Å². The van der Waals surface area contributed by atoms with Crippen LogP contribution in [0.2, 0.25) is 0 Å². The molecule has 2 aliphatic rings. The standard InChI is InChI=1S/C23H22FN3O4S/c24-18-6-4-16(5-7-18)14-20-25-22(32-26-20)31-19-3-1-2-17(15-19)21(28)27-10-8-23(9-11-27)29-12-13-30-23/h1-7,15H,8-14H2. The normalized spacial score (nSPS) is 17.6. The third-order valence-corrected chi connectivity index (χ3v) is 6.27. The molecule has 1 amide bonds. The molecule has 2 saturated heterocycles. The van der Waals surface area contributed by atoms with Gasteiger partial charge in [0, 0.05) is 49.4 Å². The number of aromatic nitrogens is 2. The van der Waals surface area contributed by atoms with Gasteiger partial charge in [-0.2, -0.15) is 9.36 Å². The van der Waals surface area contributed by atoms with E-state index in [0.717, 1.165) is 17.1 Å². The number of ether oxygens (including phenoxy) is 3. The molecule has 0 saturated carbocycles. The summed E-state index contributed by atoms with van der Waals surface area (Å²) in [4.78, 5) is 19.2. The SMILES string of the molecule is O=C(c1cccc(Oc2nc(Cc3ccc(F)cc3)ns2)c1)N1CCC2(CC1)OCCO2. The average molecular weight is 456 g/mol. The topological polar surface area (TPSA) is 73.8 Å². The van der Waals surface area contributed by atoms with Gasteiger partial charge in [-0.15, -0.1) is 0 Å². The van der Waals surface area contributed by atoms with Crippen LogP contribution in [0.4, 0.5) is 4.39 Å². The zero-order valence-corrected chi connectivity index (χ0v) is 18.1. The van der Waals surface area contributed by atoms with E-state index in [0.29, 0.717) is 67.9 Å². The second kappa shape index (κ2) is 8.93. The Kier molecular flexibility index (Phi) is 5.86. The summed E-state index contributed by atoms with van der Waals surface area (Å²) < 4.78 is 34.7. The first-order valence-electron chi connectivity index (χ1n) is 10.5. The van der Waals surface area contributed by atoms with E-state index in [2.05, 4.69) is 9.36 Å².